The molecule has 37 heavy (non-hydrogen) atoms. The van der Waals surface area contributed by atoms with Gasteiger partial charge in [-0.25, -0.2) is 14.4 Å². The van der Waals surface area contributed by atoms with Crippen molar-refractivity contribution in [2.24, 2.45) is 0 Å². The van der Waals surface area contributed by atoms with Crippen molar-refractivity contribution in [3.8, 4) is 5.69 Å². The molecule has 2 heterocycles. The number of halogens is 6. The van der Waals surface area contributed by atoms with Gasteiger partial charge in [0.05, 0.1) is 21.1 Å². The number of carbonyl (C=O) groups excluding carboxylic acids is 1. The summed E-state index contributed by atoms with van der Waals surface area (Å²) in [7, 11) is 1.55. The maximum atomic E-state index is 15.0. The normalized spacial score (nSPS) is 12.5. The smallest absolute Gasteiger partial charge is 0.396 e. The second-order valence-electron chi connectivity index (χ2n) is 8.08. The standard InChI is InChI=1S/C23H22Cl2F4N6O2/c1-5-16(36)34(6-2)9-11(3)33(4)21-12-7-15(23(27,28)29)35(22(37)19(12)31-10-32-21)20-17(26)13(24)8-14(25)18(20)30/h5,7-8,10-11H,1,6,9,30H2,2-4H3/t11-/m0/s1. The van der Waals surface area contributed by atoms with Gasteiger partial charge in [0.25, 0.3) is 5.56 Å². The largest absolute Gasteiger partial charge is 0.431 e. The Labute approximate surface area is 218 Å². The fourth-order valence-corrected chi connectivity index (χ4v) is 4.24. The summed E-state index contributed by atoms with van der Waals surface area (Å²) >= 11 is 11.7. The molecule has 0 fully saturated rings. The zero-order valence-corrected chi connectivity index (χ0v) is 21.4. The van der Waals surface area contributed by atoms with E-state index in [2.05, 4.69) is 16.5 Å². The Kier molecular flexibility index (Phi) is 8.03. The molecule has 0 bridgehead atoms. The number of fused-ring (bicyclic) bond motifs is 1. The van der Waals surface area contributed by atoms with Gasteiger partial charge in [0.15, 0.2) is 5.82 Å². The molecule has 1 atom stereocenters. The highest BCUT2D eigenvalue weighted by atomic mass is 35.5. The lowest BCUT2D eigenvalue weighted by atomic mass is 10.1. The van der Waals surface area contributed by atoms with Gasteiger partial charge >= 0.3 is 6.18 Å². The lowest BCUT2D eigenvalue weighted by Crippen LogP contribution is -2.43. The highest BCUT2D eigenvalue weighted by Gasteiger charge is 2.38. The van der Waals surface area contributed by atoms with Crippen LogP contribution in [0, 0.1) is 5.82 Å². The first kappa shape index (κ1) is 28.2. The minimum atomic E-state index is -5.13. The van der Waals surface area contributed by atoms with Crippen LogP contribution < -0.4 is 16.2 Å². The van der Waals surface area contributed by atoms with Crippen molar-refractivity contribution in [3.05, 3.63) is 63.0 Å². The van der Waals surface area contributed by atoms with E-state index in [1.165, 1.54) is 9.80 Å². The van der Waals surface area contributed by atoms with Gasteiger partial charge in [0.2, 0.25) is 5.91 Å². The van der Waals surface area contributed by atoms with Crippen LogP contribution in [0.3, 0.4) is 0 Å². The third kappa shape index (κ3) is 5.21. The first-order chi connectivity index (χ1) is 17.2. The van der Waals surface area contributed by atoms with Crippen molar-refractivity contribution >= 4 is 51.5 Å². The number of amides is 1. The topological polar surface area (TPSA) is 97.4 Å². The van der Waals surface area contributed by atoms with E-state index in [4.69, 9.17) is 28.9 Å². The molecule has 0 spiro atoms. The average Bonchev–Trinajstić information content (AvgIpc) is 2.85. The number of hydrogen-bond acceptors (Lipinski definition) is 6. The van der Waals surface area contributed by atoms with Gasteiger partial charge in [-0.1, -0.05) is 29.8 Å². The minimum Gasteiger partial charge on any atom is -0.396 e. The number of likely N-dealkylation sites (N-methyl/N-ethyl adjacent to an activating group) is 2. The third-order valence-electron chi connectivity index (χ3n) is 5.84. The number of hydrogen-bond donors (Lipinski definition) is 1. The molecule has 0 radical (unpaired) electrons. The molecule has 3 rings (SSSR count). The number of benzene rings is 1. The number of carbonyl (C=O) groups is 1. The summed E-state index contributed by atoms with van der Waals surface area (Å²) in [5.74, 6) is -1.69. The third-order valence-corrected chi connectivity index (χ3v) is 6.42. The van der Waals surface area contributed by atoms with E-state index in [0.29, 0.717) is 12.6 Å². The van der Waals surface area contributed by atoms with Crippen LogP contribution >= 0.6 is 23.2 Å². The number of anilines is 2. The lowest BCUT2D eigenvalue weighted by molar-refractivity contribution is -0.142. The van der Waals surface area contributed by atoms with Gasteiger partial charge in [-0.2, -0.15) is 13.2 Å². The van der Waals surface area contributed by atoms with E-state index in [0.717, 1.165) is 18.5 Å². The number of nitrogens with zero attached hydrogens (tertiary/aromatic N) is 5. The second kappa shape index (κ2) is 10.5. The number of pyridine rings is 1. The predicted molar refractivity (Wildman–Crippen MR) is 135 cm³/mol. The van der Waals surface area contributed by atoms with Crippen molar-refractivity contribution in [1.29, 1.82) is 0 Å². The van der Waals surface area contributed by atoms with Gasteiger partial charge in [-0.05, 0) is 32.1 Å². The van der Waals surface area contributed by atoms with Crippen LogP contribution in [0.4, 0.5) is 29.1 Å². The Bertz CT molecular complexity index is 1420. The van der Waals surface area contributed by atoms with Gasteiger partial charge < -0.3 is 15.5 Å². The molecule has 0 aliphatic carbocycles. The number of nitrogen functional groups attached to an aromatic ring is 1. The first-order valence-corrected chi connectivity index (χ1v) is 11.6. The second-order valence-corrected chi connectivity index (χ2v) is 8.90. The molecule has 3 aromatic rings. The zero-order chi connectivity index (χ0) is 27.8. The van der Waals surface area contributed by atoms with Crippen LogP contribution in [-0.2, 0) is 11.0 Å². The number of aromatic nitrogens is 3. The molecule has 0 saturated carbocycles. The van der Waals surface area contributed by atoms with Crippen molar-refractivity contribution in [2.45, 2.75) is 26.1 Å². The fraction of sp³-hybridized carbons (Fsp3) is 0.304. The van der Waals surface area contributed by atoms with Crippen LogP contribution in [0.1, 0.15) is 19.5 Å². The number of alkyl halides is 3. The Hall–Kier alpha value is -3.38. The molecule has 0 aliphatic heterocycles. The van der Waals surface area contributed by atoms with Crippen molar-refractivity contribution < 1.29 is 22.4 Å². The van der Waals surface area contributed by atoms with E-state index >= 15 is 0 Å². The number of rotatable bonds is 7. The van der Waals surface area contributed by atoms with Crippen LogP contribution in [0.25, 0.3) is 16.6 Å². The molecule has 2 N–H and O–H groups in total. The maximum Gasteiger partial charge on any atom is 0.431 e. The monoisotopic (exact) mass is 560 g/mol. The maximum absolute atomic E-state index is 15.0. The quantitative estimate of drug-likeness (QED) is 0.195. The molecule has 0 unspecified atom stereocenters. The zero-order valence-electron chi connectivity index (χ0n) is 19.9. The Morgan fingerprint density at radius 3 is 2.49 bits per heavy atom. The highest BCUT2D eigenvalue weighted by Crippen LogP contribution is 2.38. The molecule has 1 aromatic carbocycles. The summed E-state index contributed by atoms with van der Waals surface area (Å²) in [5, 5.41) is -1.20. The van der Waals surface area contributed by atoms with Gasteiger partial charge in [-0.15, -0.1) is 0 Å². The van der Waals surface area contributed by atoms with E-state index < -0.39 is 51.2 Å². The summed E-state index contributed by atoms with van der Waals surface area (Å²) < 4.78 is 57.8. The van der Waals surface area contributed by atoms with E-state index in [-0.39, 0.29) is 33.2 Å². The fourth-order valence-electron chi connectivity index (χ4n) is 3.79. The molecular weight excluding hydrogens is 539 g/mol. The van der Waals surface area contributed by atoms with Gasteiger partial charge in [0.1, 0.15) is 29.0 Å². The highest BCUT2D eigenvalue weighted by molar-refractivity contribution is 6.37. The summed E-state index contributed by atoms with van der Waals surface area (Å²) in [6, 6.07) is 1.11. The van der Waals surface area contributed by atoms with Crippen LogP contribution in [0.2, 0.25) is 10.0 Å². The van der Waals surface area contributed by atoms with Gasteiger partial charge in [0, 0.05) is 26.2 Å². The molecular formula is C23H22Cl2F4N6O2. The van der Waals surface area contributed by atoms with Crippen LogP contribution in [0.5, 0.6) is 0 Å². The lowest BCUT2D eigenvalue weighted by Gasteiger charge is -2.31. The summed E-state index contributed by atoms with van der Waals surface area (Å²) in [5.41, 5.74) is 0.954. The van der Waals surface area contributed by atoms with E-state index in [1.54, 1.807) is 20.9 Å². The molecule has 0 saturated heterocycles. The SMILES string of the molecule is C=CC(=O)N(CC)C[C@H](C)N(C)c1ncnc2c(=O)n(-c3c(N)c(Cl)cc(Cl)c3F)c(C(F)(F)F)cc12. The van der Waals surface area contributed by atoms with Crippen molar-refractivity contribution in [2.75, 3.05) is 30.8 Å². The van der Waals surface area contributed by atoms with E-state index in [9.17, 15) is 27.2 Å². The summed E-state index contributed by atoms with van der Waals surface area (Å²) in [6.45, 7) is 7.50. The molecule has 2 aromatic heterocycles. The van der Waals surface area contributed by atoms with Crippen molar-refractivity contribution in [1.82, 2.24) is 19.4 Å². The average molecular weight is 561 g/mol. The van der Waals surface area contributed by atoms with Gasteiger partial charge in [-0.3, -0.25) is 14.2 Å². The van der Waals surface area contributed by atoms with Crippen LogP contribution in [-0.4, -0.2) is 51.5 Å². The molecule has 198 valence electrons. The Morgan fingerprint density at radius 1 is 1.27 bits per heavy atom. The summed E-state index contributed by atoms with van der Waals surface area (Å²) in [4.78, 5) is 36.4. The van der Waals surface area contributed by atoms with Crippen molar-refractivity contribution in [3.63, 3.8) is 0 Å². The summed E-state index contributed by atoms with van der Waals surface area (Å²) in [6.07, 6.45) is -2.98. The molecule has 1 amide bonds. The number of nitrogens with two attached hydrogens (primary N) is 1. The Morgan fingerprint density at radius 2 is 1.92 bits per heavy atom. The van der Waals surface area contributed by atoms with Crippen LogP contribution in [0.15, 0.2) is 35.9 Å². The molecule has 14 heteroatoms. The molecule has 0 aliphatic rings. The first-order valence-electron chi connectivity index (χ1n) is 10.8. The van der Waals surface area contributed by atoms with E-state index in [1.807, 2.05) is 0 Å². The predicted octanol–water partition coefficient (Wildman–Crippen LogP) is 4.69. The molecule has 8 nitrogen and oxygen atoms in total. The Balaban J connectivity index is 2.30. The minimum absolute atomic E-state index is 0.00748.